The van der Waals surface area contributed by atoms with Crippen LogP contribution in [0.2, 0.25) is 0 Å². The molecule has 1 aromatic rings. The zero-order chi connectivity index (χ0) is 14.8. The zero-order valence-electron chi connectivity index (χ0n) is 11.9. The Kier molecular flexibility index (Phi) is 7.35. The van der Waals surface area contributed by atoms with Gasteiger partial charge in [-0.1, -0.05) is 37.3 Å². The van der Waals surface area contributed by atoms with Gasteiger partial charge in [-0.3, -0.25) is 9.59 Å². The van der Waals surface area contributed by atoms with Crippen molar-refractivity contribution in [2.24, 2.45) is 5.73 Å². The highest BCUT2D eigenvalue weighted by Gasteiger charge is 2.11. The summed E-state index contributed by atoms with van der Waals surface area (Å²) < 4.78 is 0. The lowest BCUT2D eigenvalue weighted by atomic mass is 10.2. The van der Waals surface area contributed by atoms with Gasteiger partial charge in [0, 0.05) is 13.0 Å². The summed E-state index contributed by atoms with van der Waals surface area (Å²) in [6.07, 6.45) is 1.79. The molecule has 0 spiro atoms. The van der Waals surface area contributed by atoms with Crippen LogP contribution in [0.5, 0.6) is 0 Å². The molecule has 1 rings (SSSR count). The number of hydrogen-bond acceptors (Lipinski definition) is 3. The van der Waals surface area contributed by atoms with Gasteiger partial charge in [0.1, 0.15) is 0 Å². The summed E-state index contributed by atoms with van der Waals surface area (Å²) >= 11 is 0. The molecule has 0 bridgehead atoms. The fraction of sp³-hybridized carbons (Fsp3) is 0.467. The Bertz CT molecular complexity index is 420. The number of carbonyl (C=O) groups is 2. The lowest BCUT2D eigenvalue weighted by Crippen LogP contribution is -2.41. The monoisotopic (exact) mass is 277 g/mol. The number of rotatable bonds is 9. The van der Waals surface area contributed by atoms with Gasteiger partial charge in [0.25, 0.3) is 0 Å². The minimum Gasteiger partial charge on any atom is -0.368 e. The Balaban J connectivity index is 2.13. The summed E-state index contributed by atoms with van der Waals surface area (Å²) in [4.78, 5) is 22.6. The largest absolute Gasteiger partial charge is 0.368 e. The van der Waals surface area contributed by atoms with Crippen molar-refractivity contribution < 1.29 is 9.59 Å². The maximum absolute atomic E-state index is 11.6. The fourth-order valence-corrected chi connectivity index (χ4v) is 1.86. The van der Waals surface area contributed by atoms with Gasteiger partial charge in [0.05, 0.1) is 6.04 Å². The van der Waals surface area contributed by atoms with Crippen LogP contribution >= 0.6 is 0 Å². The van der Waals surface area contributed by atoms with Gasteiger partial charge in [-0.15, -0.1) is 0 Å². The molecule has 0 saturated heterocycles. The number of amides is 2. The van der Waals surface area contributed by atoms with E-state index in [9.17, 15) is 9.59 Å². The second kappa shape index (κ2) is 9.09. The molecule has 0 radical (unpaired) electrons. The van der Waals surface area contributed by atoms with Crippen LogP contribution < -0.4 is 16.4 Å². The van der Waals surface area contributed by atoms with E-state index < -0.39 is 0 Å². The van der Waals surface area contributed by atoms with Gasteiger partial charge in [0.2, 0.25) is 11.8 Å². The van der Waals surface area contributed by atoms with E-state index in [2.05, 4.69) is 10.6 Å². The summed E-state index contributed by atoms with van der Waals surface area (Å²) in [6.45, 7) is 3.06. The van der Waals surface area contributed by atoms with Crippen LogP contribution in [0.3, 0.4) is 0 Å². The molecule has 2 amide bonds. The molecule has 5 nitrogen and oxygen atoms in total. The van der Waals surface area contributed by atoms with Crippen molar-refractivity contribution in [3.63, 3.8) is 0 Å². The van der Waals surface area contributed by atoms with Crippen molar-refractivity contribution in [3.8, 4) is 0 Å². The third kappa shape index (κ3) is 6.33. The van der Waals surface area contributed by atoms with Gasteiger partial charge < -0.3 is 16.4 Å². The van der Waals surface area contributed by atoms with Crippen LogP contribution in [0.1, 0.15) is 31.7 Å². The molecule has 0 aliphatic rings. The first-order valence-electron chi connectivity index (χ1n) is 6.96. The number of hydrogen-bond donors (Lipinski definition) is 3. The molecule has 0 aromatic heterocycles. The summed E-state index contributed by atoms with van der Waals surface area (Å²) in [5, 5.41) is 5.91. The van der Waals surface area contributed by atoms with Crippen LogP contribution in [0, 0.1) is 0 Å². The number of primary amides is 1. The number of nitrogens with two attached hydrogens (primary N) is 1. The van der Waals surface area contributed by atoms with Gasteiger partial charge in [-0.25, -0.2) is 0 Å². The maximum Gasteiger partial charge on any atom is 0.234 e. The van der Waals surface area contributed by atoms with Crippen LogP contribution in [-0.2, 0) is 16.1 Å². The Morgan fingerprint density at radius 3 is 2.55 bits per heavy atom. The molecule has 1 aromatic carbocycles. The average molecular weight is 277 g/mol. The van der Waals surface area contributed by atoms with Crippen molar-refractivity contribution in [1.29, 1.82) is 0 Å². The van der Waals surface area contributed by atoms with Gasteiger partial charge in [-0.05, 0) is 24.9 Å². The summed E-state index contributed by atoms with van der Waals surface area (Å²) in [5.41, 5.74) is 6.30. The molecule has 5 heteroatoms. The standard InChI is InChI=1S/C15H23N3O2/c1-2-13(15(16)20)17-10-6-9-14(19)18-11-12-7-4-3-5-8-12/h3-5,7-8,13,17H,2,6,9-11H2,1H3,(H2,16,20)(H,18,19)/t13-/m0/s1. The first-order chi connectivity index (χ1) is 9.63. The first kappa shape index (κ1) is 16.2. The normalized spacial score (nSPS) is 11.8. The Morgan fingerprint density at radius 2 is 1.95 bits per heavy atom. The Labute approximate surface area is 119 Å². The van der Waals surface area contributed by atoms with E-state index >= 15 is 0 Å². The topological polar surface area (TPSA) is 84.2 Å². The van der Waals surface area contributed by atoms with E-state index in [-0.39, 0.29) is 17.9 Å². The second-order valence-corrected chi connectivity index (χ2v) is 4.68. The molecular weight excluding hydrogens is 254 g/mol. The smallest absolute Gasteiger partial charge is 0.234 e. The highest BCUT2D eigenvalue weighted by Crippen LogP contribution is 1.98. The molecular formula is C15H23N3O2. The molecule has 0 unspecified atom stereocenters. The van der Waals surface area contributed by atoms with Crippen molar-refractivity contribution >= 4 is 11.8 Å². The van der Waals surface area contributed by atoms with Crippen molar-refractivity contribution in [1.82, 2.24) is 10.6 Å². The van der Waals surface area contributed by atoms with E-state index in [0.29, 0.717) is 32.4 Å². The Hall–Kier alpha value is -1.88. The minimum absolute atomic E-state index is 0.0165. The Morgan fingerprint density at radius 1 is 1.25 bits per heavy atom. The molecule has 0 aliphatic carbocycles. The molecule has 4 N–H and O–H groups in total. The average Bonchev–Trinajstić information content (AvgIpc) is 2.46. The third-order valence-electron chi connectivity index (χ3n) is 3.06. The van der Waals surface area contributed by atoms with Gasteiger partial charge in [0.15, 0.2) is 0 Å². The predicted molar refractivity (Wildman–Crippen MR) is 78.8 cm³/mol. The maximum atomic E-state index is 11.6. The molecule has 0 saturated carbocycles. The summed E-state index contributed by atoms with van der Waals surface area (Å²) in [7, 11) is 0. The molecule has 0 heterocycles. The quantitative estimate of drug-likeness (QED) is 0.587. The van der Waals surface area contributed by atoms with E-state index in [4.69, 9.17) is 5.73 Å². The highest BCUT2D eigenvalue weighted by atomic mass is 16.2. The van der Waals surface area contributed by atoms with E-state index in [1.165, 1.54) is 0 Å². The van der Waals surface area contributed by atoms with E-state index in [1.54, 1.807) is 0 Å². The predicted octanol–water partition coefficient (Wildman–Crippen LogP) is 0.936. The number of benzene rings is 1. The molecule has 0 aliphatic heterocycles. The van der Waals surface area contributed by atoms with Gasteiger partial charge in [-0.2, -0.15) is 0 Å². The zero-order valence-corrected chi connectivity index (χ0v) is 11.9. The van der Waals surface area contributed by atoms with Crippen molar-refractivity contribution in [3.05, 3.63) is 35.9 Å². The van der Waals surface area contributed by atoms with Crippen LogP contribution in [0.15, 0.2) is 30.3 Å². The SMILES string of the molecule is CC[C@H](NCCCC(=O)NCc1ccccc1)C(N)=O. The van der Waals surface area contributed by atoms with Gasteiger partial charge >= 0.3 is 0 Å². The molecule has 0 fully saturated rings. The second-order valence-electron chi connectivity index (χ2n) is 4.68. The molecule has 20 heavy (non-hydrogen) atoms. The van der Waals surface area contributed by atoms with E-state index in [1.807, 2.05) is 37.3 Å². The lowest BCUT2D eigenvalue weighted by molar-refractivity contribution is -0.121. The minimum atomic E-state index is -0.346. The molecule has 1 atom stereocenters. The van der Waals surface area contributed by atoms with Crippen molar-refractivity contribution in [2.75, 3.05) is 6.54 Å². The van der Waals surface area contributed by atoms with Crippen LogP contribution in [0.4, 0.5) is 0 Å². The van der Waals surface area contributed by atoms with Crippen molar-refractivity contribution in [2.45, 2.75) is 38.8 Å². The van der Waals surface area contributed by atoms with Crippen LogP contribution in [-0.4, -0.2) is 24.4 Å². The number of carbonyl (C=O) groups excluding carboxylic acids is 2. The fourth-order valence-electron chi connectivity index (χ4n) is 1.86. The summed E-state index contributed by atoms with van der Waals surface area (Å²) in [6, 6.07) is 9.48. The summed E-state index contributed by atoms with van der Waals surface area (Å²) in [5.74, 6) is -0.330. The van der Waals surface area contributed by atoms with Crippen LogP contribution in [0.25, 0.3) is 0 Å². The first-order valence-corrected chi connectivity index (χ1v) is 6.96. The highest BCUT2D eigenvalue weighted by molar-refractivity contribution is 5.79. The lowest BCUT2D eigenvalue weighted by Gasteiger charge is -2.12. The third-order valence-corrected chi connectivity index (χ3v) is 3.06. The van der Waals surface area contributed by atoms with E-state index in [0.717, 1.165) is 5.56 Å². The molecule has 110 valence electrons. The number of nitrogens with one attached hydrogen (secondary N) is 2.